The second-order valence-corrected chi connectivity index (χ2v) is 7.79. The van der Waals surface area contributed by atoms with E-state index >= 15 is 0 Å². The summed E-state index contributed by atoms with van der Waals surface area (Å²) < 4.78 is 0.934. The minimum atomic E-state index is -0.145. The van der Waals surface area contributed by atoms with Crippen LogP contribution in [0.4, 0.5) is 5.69 Å². The first-order valence-electron chi connectivity index (χ1n) is 10.1. The SMILES string of the molecule is CCN(CC)CCN(C(=O)CCNC(=O)c1ccccc1C)c1cccc(Br)c1. The number of hydrogen-bond acceptors (Lipinski definition) is 3. The number of aryl methyl sites for hydroxylation is 1. The van der Waals surface area contributed by atoms with Crippen molar-refractivity contribution >= 4 is 33.4 Å². The van der Waals surface area contributed by atoms with Crippen LogP contribution in [0.5, 0.6) is 0 Å². The summed E-state index contributed by atoms with van der Waals surface area (Å²) in [6.45, 7) is 9.77. The lowest BCUT2D eigenvalue weighted by Gasteiger charge is -2.27. The van der Waals surface area contributed by atoms with Crippen molar-refractivity contribution in [3.63, 3.8) is 0 Å². The fourth-order valence-electron chi connectivity index (χ4n) is 3.16. The molecule has 0 heterocycles. The molecule has 2 aromatic rings. The summed E-state index contributed by atoms with van der Waals surface area (Å²) in [5.41, 5.74) is 2.43. The molecule has 0 aliphatic carbocycles. The average molecular weight is 460 g/mol. The van der Waals surface area contributed by atoms with Crippen LogP contribution in [0.1, 0.15) is 36.2 Å². The molecule has 6 heteroatoms. The highest BCUT2D eigenvalue weighted by Crippen LogP contribution is 2.20. The molecule has 29 heavy (non-hydrogen) atoms. The predicted molar refractivity (Wildman–Crippen MR) is 122 cm³/mol. The molecular weight excluding hydrogens is 430 g/mol. The summed E-state index contributed by atoms with van der Waals surface area (Å²) in [5, 5.41) is 2.87. The second kappa shape index (κ2) is 11.7. The molecule has 0 unspecified atom stereocenters. The maximum atomic E-state index is 13.0. The average Bonchev–Trinajstić information content (AvgIpc) is 2.71. The van der Waals surface area contributed by atoms with Crippen LogP contribution < -0.4 is 10.2 Å². The Morgan fingerprint density at radius 2 is 1.72 bits per heavy atom. The van der Waals surface area contributed by atoms with Crippen LogP contribution in [-0.2, 0) is 4.79 Å². The standard InChI is InChI=1S/C23H30BrN3O2/c1-4-26(5-2)15-16-27(20-11-8-10-19(24)17-20)22(28)13-14-25-23(29)21-12-7-6-9-18(21)3/h6-12,17H,4-5,13-16H2,1-3H3,(H,25,29). The van der Waals surface area contributed by atoms with E-state index in [0.29, 0.717) is 18.7 Å². The Morgan fingerprint density at radius 1 is 1.00 bits per heavy atom. The molecule has 0 atom stereocenters. The van der Waals surface area contributed by atoms with Crippen LogP contribution in [-0.4, -0.2) is 49.4 Å². The number of rotatable bonds is 10. The van der Waals surface area contributed by atoms with Crippen molar-refractivity contribution in [2.75, 3.05) is 37.6 Å². The normalized spacial score (nSPS) is 10.8. The van der Waals surface area contributed by atoms with Gasteiger partial charge in [-0.05, 0) is 49.8 Å². The molecule has 0 aromatic heterocycles. The first kappa shape index (κ1) is 23.1. The van der Waals surface area contributed by atoms with Gasteiger partial charge in [0, 0.05) is 41.8 Å². The van der Waals surface area contributed by atoms with Gasteiger partial charge in [0.25, 0.3) is 5.91 Å². The third kappa shape index (κ3) is 6.98. The molecule has 5 nitrogen and oxygen atoms in total. The fourth-order valence-corrected chi connectivity index (χ4v) is 3.55. The number of amides is 2. The lowest BCUT2D eigenvalue weighted by Crippen LogP contribution is -2.40. The van der Waals surface area contributed by atoms with E-state index in [4.69, 9.17) is 0 Å². The van der Waals surface area contributed by atoms with E-state index in [2.05, 4.69) is 40.0 Å². The van der Waals surface area contributed by atoms with Crippen LogP contribution in [0.2, 0.25) is 0 Å². The molecule has 0 aliphatic rings. The molecule has 2 aromatic carbocycles. The molecule has 0 fully saturated rings. The molecule has 2 amide bonds. The van der Waals surface area contributed by atoms with Crippen molar-refractivity contribution in [1.82, 2.24) is 10.2 Å². The summed E-state index contributed by atoms with van der Waals surface area (Å²) in [6, 6.07) is 15.2. The topological polar surface area (TPSA) is 52.6 Å². The van der Waals surface area contributed by atoms with Crippen LogP contribution >= 0.6 is 15.9 Å². The van der Waals surface area contributed by atoms with Gasteiger partial charge in [-0.1, -0.05) is 54.0 Å². The zero-order valence-electron chi connectivity index (χ0n) is 17.5. The van der Waals surface area contributed by atoms with Crippen molar-refractivity contribution in [1.29, 1.82) is 0 Å². The van der Waals surface area contributed by atoms with Gasteiger partial charge in [0.15, 0.2) is 0 Å². The molecule has 0 saturated heterocycles. The third-order valence-corrected chi connectivity index (χ3v) is 5.46. The molecule has 1 N–H and O–H groups in total. The highest BCUT2D eigenvalue weighted by atomic mass is 79.9. The lowest BCUT2D eigenvalue weighted by atomic mass is 10.1. The van der Waals surface area contributed by atoms with Crippen molar-refractivity contribution in [3.05, 3.63) is 64.1 Å². The van der Waals surface area contributed by atoms with E-state index in [-0.39, 0.29) is 18.2 Å². The number of anilines is 1. The highest BCUT2D eigenvalue weighted by Gasteiger charge is 2.17. The highest BCUT2D eigenvalue weighted by molar-refractivity contribution is 9.10. The Hall–Kier alpha value is -2.18. The largest absolute Gasteiger partial charge is 0.352 e. The molecule has 156 valence electrons. The lowest BCUT2D eigenvalue weighted by molar-refractivity contribution is -0.118. The van der Waals surface area contributed by atoms with Gasteiger partial charge >= 0.3 is 0 Å². The molecule has 0 spiro atoms. The quantitative estimate of drug-likeness (QED) is 0.577. The monoisotopic (exact) mass is 459 g/mol. The Labute approximate surface area is 182 Å². The summed E-state index contributed by atoms with van der Waals surface area (Å²) in [4.78, 5) is 29.4. The summed E-state index contributed by atoms with van der Waals surface area (Å²) in [5.74, 6) is -0.145. The number of likely N-dealkylation sites (N-methyl/N-ethyl adjacent to an activating group) is 1. The smallest absolute Gasteiger partial charge is 0.251 e. The van der Waals surface area contributed by atoms with Crippen LogP contribution in [0.25, 0.3) is 0 Å². The molecule has 2 rings (SSSR count). The molecule has 0 saturated carbocycles. The van der Waals surface area contributed by atoms with E-state index in [9.17, 15) is 9.59 Å². The van der Waals surface area contributed by atoms with E-state index in [1.807, 2.05) is 54.3 Å². The number of halogens is 1. The Morgan fingerprint density at radius 3 is 2.38 bits per heavy atom. The molecule has 0 bridgehead atoms. The first-order valence-corrected chi connectivity index (χ1v) is 10.9. The van der Waals surface area contributed by atoms with Gasteiger partial charge < -0.3 is 15.1 Å². The second-order valence-electron chi connectivity index (χ2n) is 6.87. The van der Waals surface area contributed by atoms with Gasteiger partial charge in [-0.25, -0.2) is 0 Å². The summed E-state index contributed by atoms with van der Waals surface area (Å²) in [6.07, 6.45) is 0.252. The molecular formula is C23H30BrN3O2. The number of carbonyl (C=O) groups is 2. The van der Waals surface area contributed by atoms with Crippen molar-refractivity contribution < 1.29 is 9.59 Å². The van der Waals surface area contributed by atoms with E-state index < -0.39 is 0 Å². The maximum Gasteiger partial charge on any atom is 0.251 e. The maximum absolute atomic E-state index is 13.0. The predicted octanol–water partition coefficient (Wildman–Crippen LogP) is 4.25. The summed E-state index contributed by atoms with van der Waals surface area (Å²) >= 11 is 3.49. The zero-order valence-corrected chi connectivity index (χ0v) is 19.0. The van der Waals surface area contributed by atoms with E-state index in [1.54, 1.807) is 6.07 Å². The van der Waals surface area contributed by atoms with Gasteiger partial charge in [-0.15, -0.1) is 0 Å². The minimum Gasteiger partial charge on any atom is -0.352 e. The summed E-state index contributed by atoms with van der Waals surface area (Å²) in [7, 11) is 0. The third-order valence-electron chi connectivity index (χ3n) is 4.97. The Kier molecular flexibility index (Phi) is 9.35. The van der Waals surface area contributed by atoms with Gasteiger partial charge in [0.1, 0.15) is 0 Å². The molecule has 0 radical (unpaired) electrons. The van der Waals surface area contributed by atoms with Crippen LogP contribution in [0.3, 0.4) is 0 Å². The fraction of sp³-hybridized carbons (Fsp3) is 0.391. The first-order chi connectivity index (χ1) is 14.0. The molecule has 0 aliphatic heterocycles. The van der Waals surface area contributed by atoms with Gasteiger partial charge in [-0.2, -0.15) is 0 Å². The minimum absolute atomic E-state index is 0.000315. The number of hydrogen-bond donors (Lipinski definition) is 1. The van der Waals surface area contributed by atoms with Gasteiger partial charge in [0.2, 0.25) is 5.91 Å². The van der Waals surface area contributed by atoms with Gasteiger partial charge in [-0.3, -0.25) is 9.59 Å². The zero-order chi connectivity index (χ0) is 21.2. The number of benzene rings is 2. The van der Waals surface area contributed by atoms with E-state index in [1.165, 1.54) is 0 Å². The van der Waals surface area contributed by atoms with Crippen molar-refractivity contribution in [3.8, 4) is 0 Å². The number of nitrogens with one attached hydrogen (secondary N) is 1. The van der Waals surface area contributed by atoms with Gasteiger partial charge in [0.05, 0.1) is 0 Å². The van der Waals surface area contributed by atoms with Crippen LogP contribution in [0, 0.1) is 6.92 Å². The van der Waals surface area contributed by atoms with Crippen LogP contribution in [0.15, 0.2) is 53.0 Å². The Bertz CT molecular complexity index is 821. The van der Waals surface area contributed by atoms with E-state index in [0.717, 1.165) is 35.4 Å². The Balaban J connectivity index is 2.01. The number of carbonyl (C=O) groups excluding carboxylic acids is 2. The number of nitrogens with zero attached hydrogens (tertiary/aromatic N) is 2. The van der Waals surface area contributed by atoms with Crippen molar-refractivity contribution in [2.45, 2.75) is 27.2 Å². The van der Waals surface area contributed by atoms with Crippen molar-refractivity contribution in [2.24, 2.45) is 0 Å².